The Morgan fingerprint density at radius 2 is 2.11 bits per heavy atom. The predicted molar refractivity (Wildman–Crippen MR) is 71.8 cm³/mol. The summed E-state index contributed by atoms with van der Waals surface area (Å²) in [6, 6.07) is 3.40. The highest BCUT2D eigenvalue weighted by atomic mass is 35.5. The van der Waals surface area contributed by atoms with Crippen molar-refractivity contribution in [3.63, 3.8) is 0 Å². The Morgan fingerprint density at radius 1 is 1.44 bits per heavy atom. The minimum Gasteiger partial charge on any atom is -0.466 e. The molecule has 18 heavy (non-hydrogen) atoms. The number of carbonyl (C=O) groups is 1. The maximum atomic E-state index is 11.8. The number of fused-ring (bicyclic) bond motifs is 1. The van der Waals surface area contributed by atoms with E-state index in [1.54, 1.807) is 19.1 Å². The number of benzene rings is 1. The van der Waals surface area contributed by atoms with Gasteiger partial charge in [-0.15, -0.1) is 0 Å². The van der Waals surface area contributed by atoms with E-state index in [1.807, 2.05) is 0 Å². The van der Waals surface area contributed by atoms with Crippen LogP contribution in [0.5, 0.6) is 0 Å². The van der Waals surface area contributed by atoms with Crippen molar-refractivity contribution in [1.82, 2.24) is 0 Å². The van der Waals surface area contributed by atoms with Crippen molar-refractivity contribution in [3.05, 3.63) is 33.3 Å². The summed E-state index contributed by atoms with van der Waals surface area (Å²) in [5.41, 5.74) is 8.04. The molecule has 0 bridgehead atoms. The third-order valence-corrected chi connectivity index (χ3v) is 3.93. The molecule has 1 aromatic rings. The van der Waals surface area contributed by atoms with Crippen LogP contribution in [-0.4, -0.2) is 12.6 Å². The first-order valence-corrected chi connectivity index (χ1v) is 6.68. The minimum absolute atomic E-state index is 0.190. The quantitative estimate of drug-likeness (QED) is 0.851. The van der Waals surface area contributed by atoms with Crippen LogP contribution in [0.4, 0.5) is 0 Å². The fourth-order valence-corrected chi connectivity index (χ4v) is 2.71. The van der Waals surface area contributed by atoms with Crippen molar-refractivity contribution in [1.29, 1.82) is 0 Å². The van der Waals surface area contributed by atoms with Crippen molar-refractivity contribution in [2.24, 2.45) is 11.7 Å². The van der Waals surface area contributed by atoms with Gasteiger partial charge < -0.3 is 10.5 Å². The summed E-state index contributed by atoms with van der Waals surface area (Å²) in [6.07, 6.45) is 1.20. The highest BCUT2D eigenvalue weighted by Gasteiger charge is 2.30. The van der Waals surface area contributed by atoms with Crippen molar-refractivity contribution in [2.45, 2.75) is 25.8 Å². The zero-order valence-corrected chi connectivity index (χ0v) is 11.6. The van der Waals surface area contributed by atoms with Crippen LogP contribution in [-0.2, 0) is 16.0 Å². The fourth-order valence-electron chi connectivity index (χ4n) is 2.35. The number of hydrogen-bond acceptors (Lipinski definition) is 3. The molecule has 1 aliphatic rings. The van der Waals surface area contributed by atoms with Gasteiger partial charge >= 0.3 is 5.97 Å². The lowest BCUT2D eigenvalue weighted by atomic mass is 9.81. The average molecular weight is 288 g/mol. The lowest BCUT2D eigenvalue weighted by Gasteiger charge is -2.28. The molecule has 2 rings (SSSR count). The van der Waals surface area contributed by atoms with Crippen LogP contribution in [0.2, 0.25) is 10.0 Å². The smallest absolute Gasteiger partial charge is 0.309 e. The van der Waals surface area contributed by atoms with Gasteiger partial charge in [-0.3, -0.25) is 4.79 Å². The lowest BCUT2D eigenvalue weighted by Crippen LogP contribution is -2.30. The number of ether oxygens (including phenoxy) is 1. The number of esters is 1. The van der Waals surface area contributed by atoms with Crippen molar-refractivity contribution >= 4 is 29.2 Å². The Kier molecular flexibility index (Phi) is 4.15. The van der Waals surface area contributed by atoms with Crippen molar-refractivity contribution < 1.29 is 9.53 Å². The van der Waals surface area contributed by atoms with E-state index in [0.29, 0.717) is 29.5 Å². The highest BCUT2D eigenvalue weighted by molar-refractivity contribution is 6.42. The Morgan fingerprint density at radius 3 is 2.78 bits per heavy atom. The second-order valence-electron chi connectivity index (χ2n) is 4.46. The average Bonchev–Trinajstić information content (AvgIpc) is 2.32. The molecule has 98 valence electrons. The number of rotatable bonds is 2. The van der Waals surface area contributed by atoms with E-state index in [9.17, 15) is 4.79 Å². The van der Waals surface area contributed by atoms with Crippen LogP contribution in [0.1, 0.15) is 30.5 Å². The van der Waals surface area contributed by atoms with E-state index >= 15 is 0 Å². The third-order valence-electron chi connectivity index (χ3n) is 3.21. The monoisotopic (exact) mass is 287 g/mol. The molecule has 1 aliphatic carbocycles. The van der Waals surface area contributed by atoms with Crippen LogP contribution in [0, 0.1) is 5.92 Å². The zero-order valence-electron chi connectivity index (χ0n) is 10.1. The summed E-state index contributed by atoms with van der Waals surface area (Å²) in [6.45, 7) is 2.18. The van der Waals surface area contributed by atoms with Gasteiger partial charge in [0.2, 0.25) is 0 Å². The summed E-state index contributed by atoms with van der Waals surface area (Å²) in [7, 11) is 0. The van der Waals surface area contributed by atoms with E-state index in [2.05, 4.69) is 0 Å². The lowest BCUT2D eigenvalue weighted by molar-refractivity contribution is -0.148. The van der Waals surface area contributed by atoms with Crippen LogP contribution in [0.25, 0.3) is 0 Å². The van der Waals surface area contributed by atoms with Gasteiger partial charge in [0.25, 0.3) is 0 Å². The minimum atomic E-state index is -0.196. The van der Waals surface area contributed by atoms with Gasteiger partial charge in [0.05, 0.1) is 22.6 Å². The van der Waals surface area contributed by atoms with E-state index in [-0.39, 0.29) is 17.9 Å². The SMILES string of the molecule is CCOC(=O)[C@@H]1Cc2cc(Cl)c(Cl)cc2[C@H](N)C1. The molecule has 0 heterocycles. The molecule has 0 saturated heterocycles. The molecule has 0 aliphatic heterocycles. The Hall–Kier alpha value is -0.770. The maximum absolute atomic E-state index is 11.8. The standard InChI is InChI=1S/C13H15Cl2NO2/c1-2-18-13(17)8-3-7-4-10(14)11(15)6-9(7)12(16)5-8/h4,6,8,12H,2-3,5,16H2,1H3/t8-,12-/m1/s1. The number of carbonyl (C=O) groups excluding carboxylic acids is 1. The molecule has 0 unspecified atom stereocenters. The molecular weight excluding hydrogens is 273 g/mol. The number of nitrogens with two attached hydrogens (primary N) is 1. The van der Waals surface area contributed by atoms with Gasteiger partial charge in [0.15, 0.2) is 0 Å². The highest BCUT2D eigenvalue weighted by Crippen LogP contribution is 2.36. The molecule has 0 spiro atoms. The van der Waals surface area contributed by atoms with Crippen LogP contribution in [0.15, 0.2) is 12.1 Å². The molecule has 2 atom stereocenters. The topological polar surface area (TPSA) is 52.3 Å². The zero-order chi connectivity index (χ0) is 13.3. The van der Waals surface area contributed by atoms with Gasteiger partial charge in [-0.1, -0.05) is 23.2 Å². The van der Waals surface area contributed by atoms with E-state index < -0.39 is 0 Å². The first kappa shape index (κ1) is 13.7. The van der Waals surface area contributed by atoms with Crippen LogP contribution >= 0.6 is 23.2 Å². The normalized spacial score (nSPS) is 22.4. The third kappa shape index (κ3) is 2.63. The molecule has 1 aromatic carbocycles. The molecule has 2 N–H and O–H groups in total. The number of hydrogen-bond donors (Lipinski definition) is 1. The Balaban J connectivity index is 2.28. The second-order valence-corrected chi connectivity index (χ2v) is 5.27. The predicted octanol–water partition coefficient (Wildman–Crippen LogP) is 3.12. The fraction of sp³-hybridized carbons (Fsp3) is 0.462. The van der Waals surface area contributed by atoms with Crippen LogP contribution < -0.4 is 5.73 Å². The molecule has 0 fully saturated rings. The molecule has 5 heteroatoms. The molecule has 0 aromatic heterocycles. The summed E-state index contributed by atoms with van der Waals surface area (Å²) < 4.78 is 5.05. The van der Waals surface area contributed by atoms with Gasteiger partial charge in [0.1, 0.15) is 0 Å². The molecule has 0 saturated carbocycles. The molecule has 3 nitrogen and oxygen atoms in total. The van der Waals surface area contributed by atoms with Crippen molar-refractivity contribution in [3.8, 4) is 0 Å². The summed E-state index contributed by atoms with van der Waals surface area (Å²) in [5, 5.41) is 0.993. The Bertz CT molecular complexity index is 476. The largest absolute Gasteiger partial charge is 0.466 e. The maximum Gasteiger partial charge on any atom is 0.309 e. The first-order valence-electron chi connectivity index (χ1n) is 5.93. The summed E-state index contributed by atoms with van der Waals surface area (Å²) >= 11 is 12.0. The van der Waals surface area contributed by atoms with Crippen LogP contribution in [0.3, 0.4) is 0 Å². The van der Waals surface area contributed by atoms with Gasteiger partial charge in [-0.25, -0.2) is 0 Å². The number of halogens is 2. The van der Waals surface area contributed by atoms with E-state index in [1.165, 1.54) is 0 Å². The van der Waals surface area contributed by atoms with Gasteiger partial charge in [-0.2, -0.15) is 0 Å². The molecule has 0 amide bonds. The molecular formula is C13H15Cl2NO2. The molecule has 0 radical (unpaired) electrons. The summed E-state index contributed by atoms with van der Waals surface area (Å²) in [5.74, 6) is -0.380. The van der Waals surface area contributed by atoms with Gasteiger partial charge in [-0.05, 0) is 43.0 Å². The van der Waals surface area contributed by atoms with E-state index in [4.69, 9.17) is 33.7 Å². The second kappa shape index (κ2) is 5.47. The Labute approximate surface area is 116 Å². The van der Waals surface area contributed by atoms with Gasteiger partial charge in [0, 0.05) is 6.04 Å². The van der Waals surface area contributed by atoms with E-state index in [0.717, 1.165) is 11.1 Å². The van der Waals surface area contributed by atoms with Crippen molar-refractivity contribution in [2.75, 3.05) is 6.61 Å². The first-order chi connectivity index (χ1) is 8.52. The summed E-state index contributed by atoms with van der Waals surface area (Å²) in [4.78, 5) is 11.8.